The van der Waals surface area contributed by atoms with Crippen molar-refractivity contribution in [2.45, 2.75) is 54.9 Å². The summed E-state index contributed by atoms with van der Waals surface area (Å²) >= 11 is 0. The van der Waals surface area contributed by atoms with E-state index in [1.807, 2.05) is 31.3 Å². The van der Waals surface area contributed by atoms with Crippen LogP contribution in [0.1, 0.15) is 36.0 Å². The van der Waals surface area contributed by atoms with Gasteiger partial charge in [-0.2, -0.15) is 0 Å². The van der Waals surface area contributed by atoms with E-state index in [-0.39, 0.29) is 23.7 Å². The molecule has 35 heavy (non-hydrogen) atoms. The first-order valence-corrected chi connectivity index (χ1v) is 12.3. The van der Waals surface area contributed by atoms with Gasteiger partial charge >= 0.3 is 0 Å². The smallest absolute Gasteiger partial charge is 0.246 e. The standard InChI is InChI=1S/C28H31N3O4/c1-3-14-31-15-12-27-24-19-7-8-21(32)25(24)35-26(27)20(10-11-28(27,34)22(31)16-19)30(2)23(33)9-6-18-5-4-13-29-17-18/h3-9,13,17,20,22,26,32,34H,1,10-12,14-16H2,2H3/b9-6+/t20-,22-,26+,27+,28-/m1/s1. The minimum Gasteiger partial charge on any atom is -0.504 e. The number of hydrogen-bond acceptors (Lipinski definition) is 6. The van der Waals surface area contributed by atoms with Gasteiger partial charge in [0.2, 0.25) is 5.91 Å². The van der Waals surface area contributed by atoms with E-state index in [1.165, 1.54) is 0 Å². The Morgan fingerprint density at radius 1 is 1.37 bits per heavy atom. The van der Waals surface area contributed by atoms with Crippen LogP contribution in [-0.2, 0) is 16.6 Å². The normalized spacial score (nSPS) is 32.7. The SMILES string of the molecule is C=CCN1CC[C@]23c4c5ccc(O)c4O[C@H]2[C@H](N(C)C(=O)/C=C/c2cccnc2)CC[C@@]3(O)[C@H]1C5. The van der Waals surface area contributed by atoms with Crippen molar-refractivity contribution in [1.29, 1.82) is 0 Å². The Labute approximate surface area is 205 Å². The topological polar surface area (TPSA) is 86.1 Å². The number of carbonyl (C=O) groups is 1. The zero-order valence-corrected chi connectivity index (χ0v) is 19.9. The molecule has 2 bridgehead atoms. The van der Waals surface area contributed by atoms with Crippen molar-refractivity contribution in [2.24, 2.45) is 0 Å². The van der Waals surface area contributed by atoms with Crippen LogP contribution in [0.15, 0.2) is 55.4 Å². The molecule has 2 fully saturated rings. The number of likely N-dealkylation sites (N-methyl/N-ethyl adjacent to an activating group) is 1. The first-order valence-electron chi connectivity index (χ1n) is 12.3. The fraction of sp³-hybridized carbons (Fsp3) is 0.429. The number of hydrogen-bond donors (Lipinski definition) is 2. The fourth-order valence-electron chi connectivity index (χ4n) is 7.31. The number of nitrogens with zero attached hydrogens (tertiary/aromatic N) is 3. The molecule has 1 aromatic heterocycles. The number of pyridine rings is 1. The number of phenols is 1. The van der Waals surface area contributed by atoms with Crippen molar-refractivity contribution in [1.82, 2.24) is 14.8 Å². The van der Waals surface area contributed by atoms with Crippen molar-refractivity contribution < 1.29 is 19.7 Å². The van der Waals surface area contributed by atoms with E-state index in [9.17, 15) is 15.0 Å². The summed E-state index contributed by atoms with van der Waals surface area (Å²) < 4.78 is 6.54. The average molecular weight is 474 g/mol. The molecule has 182 valence electrons. The van der Waals surface area contributed by atoms with Gasteiger partial charge in [-0.3, -0.25) is 14.7 Å². The number of aromatic hydroxyl groups is 1. The summed E-state index contributed by atoms with van der Waals surface area (Å²) in [6, 6.07) is 7.11. The summed E-state index contributed by atoms with van der Waals surface area (Å²) in [4.78, 5) is 21.4. The van der Waals surface area contributed by atoms with Crippen molar-refractivity contribution in [3.63, 3.8) is 0 Å². The van der Waals surface area contributed by atoms with Crippen LogP contribution in [0.3, 0.4) is 0 Å². The van der Waals surface area contributed by atoms with Gasteiger partial charge in [-0.25, -0.2) is 0 Å². The number of phenolic OH excluding ortho intramolecular Hbond substituents is 1. The third kappa shape index (κ3) is 2.98. The lowest BCUT2D eigenvalue weighted by molar-refractivity contribution is -0.198. The maximum atomic E-state index is 13.2. The number of benzene rings is 1. The van der Waals surface area contributed by atoms with E-state index in [4.69, 9.17) is 4.74 Å². The van der Waals surface area contributed by atoms with Crippen LogP contribution in [-0.4, -0.2) is 74.8 Å². The van der Waals surface area contributed by atoms with E-state index < -0.39 is 17.1 Å². The molecule has 4 aliphatic rings. The number of aliphatic hydroxyl groups is 1. The van der Waals surface area contributed by atoms with E-state index in [0.29, 0.717) is 31.4 Å². The molecule has 1 saturated heterocycles. The molecule has 2 N–H and O–H groups in total. The van der Waals surface area contributed by atoms with E-state index >= 15 is 0 Å². The lowest BCUT2D eigenvalue weighted by atomic mass is 9.48. The van der Waals surface area contributed by atoms with Gasteiger partial charge in [0.15, 0.2) is 11.5 Å². The summed E-state index contributed by atoms with van der Waals surface area (Å²) in [6.07, 6.45) is 10.8. The van der Waals surface area contributed by atoms with Crippen LogP contribution in [0, 0.1) is 0 Å². The second kappa shape index (κ2) is 7.93. The molecule has 7 nitrogen and oxygen atoms in total. The van der Waals surface area contributed by atoms with Crippen LogP contribution in [0.25, 0.3) is 6.08 Å². The van der Waals surface area contributed by atoms with Crippen molar-refractivity contribution in [3.8, 4) is 11.5 Å². The Kier molecular flexibility index (Phi) is 5.06. The molecule has 2 aliphatic carbocycles. The van der Waals surface area contributed by atoms with E-state index in [0.717, 1.165) is 29.8 Å². The van der Waals surface area contributed by atoms with Gasteiger partial charge in [-0.1, -0.05) is 18.2 Å². The first-order chi connectivity index (χ1) is 16.9. The Morgan fingerprint density at radius 2 is 2.23 bits per heavy atom. The molecular formula is C28H31N3O4. The third-order valence-electron chi connectivity index (χ3n) is 8.85. The summed E-state index contributed by atoms with van der Waals surface area (Å²) in [5.74, 6) is 0.465. The zero-order valence-electron chi connectivity index (χ0n) is 19.9. The molecule has 1 saturated carbocycles. The Balaban J connectivity index is 1.39. The molecule has 0 radical (unpaired) electrons. The quantitative estimate of drug-likeness (QED) is 0.513. The summed E-state index contributed by atoms with van der Waals surface area (Å²) in [5.41, 5.74) is 1.26. The number of ether oxygens (including phenoxy) is 1. The molecule has 5 atom stereocenters. The predicted molar refractivity (Wildman–Crippen MR) is 132 cm³/mol. The van der Waals surface area contributed by atoms with Crippen LogP contribution in [0.5, 0.6) is 11.5 Å². The molecule has 1 spiro atoms. The van der Waals surface area contributed by atoms with Crippen LogP contribution < -0.4 is 4.74 Å². The maximum absolute atomic E-state index is 13.2. The highest BCUT2D eigenvalue weighted by atomic mass is 16.5. The second-order valence-electron chi connectivity index (χ2n) is 10.3. The van der Waals surface area contributed by atoms with Crippen molar-refractivity contribution >= 4 is 12.0 Å². The highest BCUT2D eigenvalue weighted by molar-refractivity contribution is 5.92. The number of aromatic nitrogens is 1. The third-order valence-corrected chi connectivity index (χ3v) is 8.85. The Bertz CT molecular complexity index is 1210. The van der Waals surface area contributed by atoms with Gasteiger partial charge in [0, 0.05) is 43.7 Å². The van der Waals surface area contributed by atoms with Crippen LogP contribution in [0.4, 0.5) is 0 Å². The number of likely N-dealkylation sites (tertiary alicyclic amines) is 1. The second-order valence-corrected chi connectivity index (χ2v) is 10.3. The molecule has 6 rings (SSSR count). The minimum atomic E-state index is -1.00. The lowest BCUT2D eigenvalue weighted by Gasteiger charge is -2.64. The van der Waals surface area contributed by atoms with Gasteiger partial charge in [0.05, 0.1) is 17.1 Å². The van der Waals surface area contributed by atoms with Crippen LogP contribution >= 0.6 is 0 Å². The highest BCUT2D eigenvalue weighted by Crippen LogP contribution is 2.65. The lowest BCUT2D eigenvalue weighted by Crippen LogP contribution is -2.78. The summed E-state index contributed by atoms with van der Waals surface area (Å²) in [7, 11) is 1.81. The average Bonchev–Trinajstić information content (AvgIpc) is 3.22. The molecule has 7 heteroatoms. The number of carbonyl (C=O) groups excluding carboxylic acids is 1. The largest absolute Gasteiger partial charge is 0.504 e. The van der Waals surface area contributed by atoms with E-state index in [2.05, 4.69) is 16.5 Å². The molecular weight excluding hydrogens is 442 g/mol. The summed E-state index contributed by atoms with van der Waals surface area (Å²) in [5, 5.41) is 23.2. The first kappa shape index (κ1) is 22.3. The van der Waals surface area contributed by atoms with Gasteiger partial charge in [-0.05, 0) is 61.6 Å². The number of piperidine rings is 1. The van der Waals surface area contributed by atoms with E-state index in [1.54, 1.807) is 35.5 Å². The molecule has 2 aromatic rings. The Hall–Kier alpha value is -3.16. The zero-order chi connectivity index (χ0) is 24.4. The van der Waals surface area contributed by atoms with Crippen LogP contribution in [0.2, 0.25) is 0 Å². The fourth-order valence-corrected chi connectivity index (χ4v) is 7.31. The summed E-state index contributed by atoms with van der Waals surface area (Å²) in [6.45, 7) is 5.45. The molecule has 3 heterocycles. The molecule has 2 aliphatic heterocycles. The Morgan fingerprint density at radius 3 is 3.00 bits per heavy atom. The number of amides is 1. The predicted octanol–water partition coefficient (Wildman–Crippen LogP) is 2.67. The highest BCUT2D eigenvalue weighted by Gasteiger charge is 2.73. The van der Waals surface area contributed by atoms with Gasteiger partial charge in [0.25, 0.3) is 0 Å². The van der Waals surface area contributed by atoms with Gasteiger partial charge in [-0.15, -0.1) is 6.58 Å². The van der Waals surface area contributed by atoms with Gasteiger partial charge < -0.3 is 19.8 Å². The molecule has 0 unspecified atom stereocenters. The molecule has 1 amide bonds. The van der Waals surface area contributed by atoms with Crippen molar-refractivity contribution in [2.75, 3.05) is 20.1 Å². The monoisotopic (exact) mass is 473 g/mol. The maximum Gasteiger partial charge on any atom is 0.246 e. The number of rotatable bonds is 5. The van der Waals surface area contributed by atoms with Gasteiger partial charge in [0.1, 0.15) is 6.10 Å². The van der Waals surface area contributed by atoms with Crippen molar-refractivity contribution in [3.05, 3.63) is 72.1 Å². The minimum absolute atomic E-state index is 0.0595. The molecule has 1 aromatic carbocycles.